The summed E-state index contributed by atoms with van der Waals surface area (Å²) in [4.78, 5) is 50.5. The van der Waals surface area contributed by atoms with Crippen LogP contribution in [-0.4, -0.2) is 63.0 Å². The van der Waals surface area contributed by atoms with E-state index in [2.05, 4.69) is 47.3 Å². The van der Waals surface area contributed by atoms with Gasteiger partial charge in [0.2, 0.25) is 11.8 Å². The number of aromatic nitrogens is 1. The van der Waals surface area contributed by atoms with Gasteiger partial charge in [0.15, 0.2) is 0 Å². The molecule has 0 radical (unpaired) electrons. The van der Waals surface area contributed by atoms with Crippen molar-refractivity contribution in [2.24, 2.45) is 5.41 Å². The molecule has 10 heteroatoms. The van der Waals surface area contributed by atoms with Crippen LogP contribution in [0.15, 0.2) is 23.7 Å². The normalized spacial score (nSPS) is 20.7. The number of hydrogen-bond donors (Lipinski definition) is 3. The Balaban J connectivity index is 1.52. The van der Waals surface area contributed by atoms with E-state index in [9.17, 15) is 19.5 Å². The van der Waals surface area contributed by atoms with Gasteiger partial charge in [0.25, 0.3) is 0 Å². The van der Waals surface area contributed by atoms with Crippen LogP contribution < -0.4 is 10.6 Å². The Morgan fingerprint density at radius 1 is 1.22 bits per heavy atom. The second-order valence-electron chi connectivity index (χ2n) is 13.4. The van der Waals surface area contributed by atoms with Gasteiger partial charge >= 0.3 is 11.4 Å². The molecule has 2 heterocycles. The number of amides is 3. The molecule has 2 fully saturated rings. The number of nitrogens with zero attached hydrogens (tertiary/aromatic N) is 3. The van der Waals surface area contributed by atoms with Crippen molar-refractivity contribution in [3.05, 3.63) is 51.9 Å². The Hall–Kier alpha value is -3.29. The van der Waals surface area contributed by atoms with E-state index in [4.69, 9.17) is 6.57 Å². The number of rotatable bonds is 7. The van der Waals surface area contributed by atoms with Crippen LogP contribution >= 0.6 is 11.3 Å². The molecule has 1 aliphatic carbocycles. The number of nitrogens with one attached hydrogen (secondary N) is 2. The van der Waals surface area contributed by atoms with Crippen molar-refractivity contribution in [3.63, 3.8) is 0 Å². The van der Waals surface area contributed by atoms with Crippen molar-refractivity contribution in [2.75, 3.05) is 6.54 Å². The van der Waals surface area contributed by atoms with Gasteiger partial charge in [-0.2, -0.15) is 0 Å². The Morgan fingerprint density at radius 3 is 2.44 bits per heavy atom. The minimum absolute atomic E-state index is 0.00344. The van der Waals surface area contributed by atoms with Gasteiger partial charge in [0, 0.05) is 32.4 Å². The highest BCUT2D eigenvalue weighted by atomic mass is 32.1. The van der Waals surface area contributed by atoms with Crippen molar-refractivity contribution in [3.8, 4) is 10.4 Å². The second kappa shape index (κ2) is 11.2. The van der Waals surface area contributed by atoms with E-state index in [0.29, 0.717) is 12.8 Å². The lowest BCUT2D eigenvalue weighted by Crippen LogP contribution is -2.59. The number of aryl methyl sites for hydroxylation is 1. The number of carbonyl (C=O) groups excluding carboxylic acids is 3. The molecule has 0 spiro atoms. The molecule has 4 rings (SSSR count). The van der Waals surface area contributed by atoms with E-state index in [1.807, 2.05) is 45.3 Å². The first kappa shape index (κ1) is 30.7. The zero-order valence-electron chi connectivity index (χ0n) is 25.0. The summed E-state index contributed by atoms with van der Waals surface area (Å²) in [5, 5.41) is 16.3. The summed E-state index contributed by atoms with van der Waals surface area (Å²) in [5.74, 6) is -1.23. The lowest BCUT2D eigenvalue weighted by molar-refractivity contribution is -0.144. The zero-order chi connectivity index (χ0) is 30.3. The topological polar surface area (TPSA) is 116 Å². The fourth-order valence-corrected chi connectivity index (χ4v) is 6.15. The largest absolute Gasteiger partial charge is 0.391 e. The lowest BCUT2D eigenvalue weighted by Gasteiger charge is -2.35. The maximum absolute atomic E-state index is 13.8. The zero-order valence-corrected chi connectivity index (χ0v) is 25.8. The SMILES string of the molecule is [C-]#[N+]C1(C(=O)NC(C(=O)N2C[C@H](O)CC2C(=O)NCc2ccc(-c3scnc3C)cc2C(C)(C)C)C(C)(C)C)CC1. The first-order chi connectivity index (χ1) is 19.1. The number of aliphatic hydroxyl groups excluding tert-OH is 1. The summed E-state index contributed by atoms with van der Waals surface area (Å²) in [6, 6.07) is 4.41. The maximum Gasteiger partial charge on any atom is 0.309 e. The van der Waals surface area contributed by atoms with Crippen LogP contribution in [0.3, 0.4) is 0 Å². The predicted molar refractivity (Wildman–Crippen MR) is 159 cm³/mol. The summed E-state index contributed by atoms with van der Waals surface area (Å²) in [7, 11) is 0. The van der Waals surface area contributed by atoms with Gasteiger partial charge in [-0.3, -0.25) is 19.2 Å². The highest BCUT2D eigenvalue weighted by molar-refractivity contribution is 7.13. The first-order valence-electron chi connectivity index (χ1n) is 14.1. The molecular weight excluding hydrogens is 538 g/mol. The summed E-state index contributed by atoms with van der Waals surface area (Å²) < 4.78 is 0. The van der Waals surface area contributed by atoms with Crippen molar-refractivity contribution in [1.82, 2.24) is 20.5 Å². The molecule has 1 saturated heterocycles. The minimum atomic E-state index is -1.09. The smallest absolute Gasteiger partial charge is 0.309 e. The average molecular weight is 580 g/mol. The molecule has 1 saturated carbocycles. The standard InChI is InChI=1S/C31H41N5O4S/c1-18-24(41-17-34-18)19-9-10-20(22(13-19)29(2,3)4)15-33-26(38)23-14-21(37)16-36(23)27(39)25(30(5,6)7)35-28(40)31(32-8)11-12-31/h9-10,13,17,21,23,25,37H,11-12,14-16H2,1-7H3,(H,33,38)(H,35,40)/t21-,23?,25?/m1/s1. The predicted octanol–water partition coefficient (Wildman–Crippen LogP) is 3.98. The summed E-state index contributed by atoms with van der Waals surface area (Å²) in [6.45, 7) is 21.6. The molecule has 9 nitrogen and oxygen atoms in total. The molecule has 220 valence electrons. The van der Waals surface area contributed by atoms with Crippen LogP contribution in [0.2, 0.25) is 0 Å². The summed E-state index contributed by atoms with van der Waals surface area (Å²) in [5.41, 5.74) is 4.04. The van der Waals surface area contributed by atoms with E-state index in [0.717, 1.165) is 27.3 Å². The molecule has 2 aliphatic rings. The van der Waals surface area contributed by atoms with Gasteiger partial charge in [0.05, 0.1) is 22.2 Å². The molecule has 3 N–H and O–H groups in total. The third-order valence-corrected chi connectivity index (χ3v) is 8.97. The van der Waals surface area contributed by atoms with Crippen LogP contribution in [0.1, 0.15) is 77.6 Å². The molecule has 2 unspecified atom stereocenters. The van der Waals surface area contributed by atoms with Crippen LogP contribution in [0.25, 0.3) is 15.3 Å². The van der Waals surface area contributed by atoms with Crippen LogP contribution in [0.4, 0.5) is 0 Å². The number of hydrogen-bond acceptors (Lipinski definition) is 6. The molecule has 41 heavy (non-hydrogen) atoms. The fourth-order valence-electron chi connectivity index (χ4n) is 5.34. The Labute approximate surface area is 246 Å². The highest BCUT2D eigenvalue weighted by Crippen LogP contribution is 2.41. The maximum atomic E-state index is 13.8. The number of likely N-dealkylation sites (tertiary alicyclic amines) is 1. The Kier molecular flexibility index (Phi) is 8.36. The Bertz CT molecular complexity index is 1380. The second-order valence-corrected chi connectivity index (χ2v) is 14.3. The Morgan fingerprint density at radius 2 is 1.90 bits per heavy atom. The van der Waals surface area contributed by atoms with Gasteiger partial charge in [-0.15, -0.1) is 11.3 Å². The number of aliphatic hydroxyl groups is 1. The molecule has 3 atom stereocenters. The molecule has 3 amide bonds. The number of carbonyl (C=O) groups is 3. The third-order valence-electron chi connectivity index (χ3n) is 7.99. The van der Waals surface area contributed by atoms with E-state index in [-0.39, 0.29) is 30.8 Å². The van der Waals surface area contributed by atoms with Crippen LogP contribution in [-0.2, 0) is 26.3 Å². The van der Waals surface area contributed by atoms with E-state index < -0.39 is 41.0 Å². The minimum Gasteiger partial charge on any atom is -0.391 e. The average Bonchev–Trinajstić information content (AvgIpc) is 3.43. The monoisotopic (exact) mass is 579 g/mol. The lowest BCUT2D eigenvalue weighted by atomic mass is 9.82. The van der Waals surface area contributed by atoms with Gasteiger partial charge in [0.1, 0.15) is 12.1 Å². The van der Waals surface area contributed by atoms with E-state index in [1.54, 1.807) is 11.3 Å². The van der Waals surface area contributed by atoms with Gasteiger partial charge in [-0.25, -0.2) is 11.6 Å². The van der Waals surface area contributed by atoms with Crippen LogP contribution in [0.5, 0.6) is 0 Å². The number of thiazole rings is 1. The van der Waals surface area contributed by atoms with Gasteiger partial charge < -0.3 is 20.6 Å². The molecule has 1 aromatic heterocycles. The van der Waals surface area contributed by atoms with Crippen molar-refractivity contribution < 1.29 is 19.5 Å². The molecule has 0 bridgehead atoms. The summed E-state index contributed by atoms with van der Waals surface area (Å²) >= 11 is 1.60. The number of benzene rings is 1. The fraction of sp³-hybridized carbons (Fsp3) is 0.581. The van der Waals surface area contributed by atoms with Crippen molar-refractivity contribution >= 4 is 29.1 Å². The van der Waals surface area contributed by atoms with Crippen molar-refractivity contribution in [2.45, 2.75) is 103 Å². The summed E-state index contributed by atoms with van der Waals surface area (Å²) in [6.07, 6.45) is 0.213. The highest BCUT2D eigenvalue weighted by Gasteiger charge is 2.59. The third kappa shape index (κ3) is 6.47. The quantitative estimate of drug-likeness (QED) is 0.429. The van der Waals surface area contributed by atoms with Gasteiger partial charge in [-0.05, 0) is 40.5 Å². The van der Waals surface area contributed by atoms with E-state index >= 15 is 0 Å². The molecular formula is C31H41N5O4S. The molecule has 1 aliphatic heterocycles. The molecule has 2 aromatic rings. The van der Waals surface area contributed by atoms with Gasteiger partial charge in [-0.1, -0.05) is 53.7 Å². The molecule has 1 aromatic carbocycles. The number of β-amino-alcohol motifs (C(OH)–C–C–N with tert-alkyl or cyclic N) is 1. The van der Waals surface area contributed by atoms with Crippen LogP contribution in [0, 0.1) is 18.9 Å². The van der Waals surface area contributed by atoms with E-state index in [1.165, 1.54) is 4.90 Å². The first-order valence-corrected chi connectivity index (χ1v) is 14.9. The van der Waals surface area contributed by atoms with Crippen molar-refractivity contribution in [1.29, 1.82) is 0 Å².